The molecule has 2 atom stereocenters. The Morgan fingerprint density at radius 1 is 1.03 bits per heavy atom. The van der Waals surface area contributed by atoms with Gasteiger partial charge in [-0.25, -0.2) is 4.39 Å². The normalized spacial score (nSPS) is 19.9. The highest BCUT2D eigenvalue weighted by Crippen LogP contribution is 2.26. The lowest BCUT2D eigenvalue weighted by molar-refractivity contribution is 0.249. The first kappa shape index (κ1) is 27.2. The fourth-order valence-corrected chi connectivity index (χ4v) is 5.15. The zero-order valence-corrected chi connectivity index (χ0v) is 21.8. The highest BCUT2D eigenvalue weighted by atomic mass is 35.5. The molecule has 1 aromatic heterocycles. The molecule has 10 heteroatoms. The Hall–Kier alpha value is -2.39. The largest absolute Gasteiger partial charge is 0.494 e. The van der Waals surface area contributed by atoms with E-state index in [-0.39, 0.29) is 24.2 Å². The molecular weight excluding hydrogens is 469 g/mol. The van der Waals surface area contributed by atoms with E-state index in [2.05, 4.69) is 44.7 Å². The van der Waals surface area contributed by atoms with Gasteiger partial charge in [0.25, 0.3) is 0 Å². The number of ether oxygens (including phenoxy) is 1. The second kappa shape index (κ2) is 13.1. The summed E-state index contributed by atoms with van der Waals surface area (Å²) in [4.78, 5) is 16.4. The fraction of sp³-hybridized carbons (Fsp3) is 0.640. The molecule has 0 amide bonds. The summed E-state index contributed by atoms with van der Waals surface area (Å²) in [5.41, 5.74) is 0.553. The number of likely N-dealkylation sites (tertiary alicyclic amines) is 1. The van der Waals surface area contributed by atoms with Gasteiger partial charge in [-0.2, -0.15) is 15.0 Å². The third-order valence-electron chi connectivity index (χ3n) is 6.99. The van der Waals surface area contributed by atoms with Gasteiger partial charge < -0.3 is 20.7 Å². The Bertz CT molecular complexity index is 942. The highest BCUT2D eigenvalue weighted by Gasteiger charge is 2.28. The monoisotopic (exact) mass is 507 g/mol. The van der Waals surface area contributed by atoms with Crippen molar-refractivity contribution >= 4 is 35.9 Å². The van der Waals surface area contributed by atoms with Gasteiger partial charge in [0.2, 0.25) is 17.8 Å². The van der Waals surface area contributed by atoms with E-state index in [1.165, 1.54) is 45.3 Å². The number of likely N-dealkylation sites (N-methyl/N-ethyl adjacent to an activating group) is 1. The second-order valence-electron chi connectivity index (χ2n) is 9.38. The Morgan fingerprint density at radius 3 is 2.43 bits per heavy atom. The van der Waals surface area contributed by atoms with Crippen LogP contribution in [0.1, 0.15) is 65.2 Å². The van der Waals surface area contributed by atoms with Gasteiger partial charge in [-0.05, 0) is 57.8 Å². The van der Waals surface area contributed by atoms with E-state index < -0.39 is 5.82 Å². The van der Waals surface area contributed by atoms with Gasteiger partial charge in [-0.15, -0.1) is 12.4 Å². The molecule has 1 saturated heterocycles. The number of benzene rings is 1. The number of nitrogens with one attached hydrogen (secondary N) is 3. The molecule has 1 saturated carbocycles. The van der Waals surface area contributed by atoms with E-state index in [0.717, 1.165) is 32.4 Å². The number of aromatic nitrogens is 3. The first-order valence-electron chi connectivity index (χ1n) is 12.7. The minimum absolute atomic E-state index is 0. The molecular formula is C25H39ClFN7O. The van der Waals surface area contributed by atoms with E-state index in [4.69, 9.17) is 9.72 Å². The zero-order chi connectivity index (χ0) is 23.9. The van der Waals surface area contributed by atoms with Gasteiger partial charge in [-0.3, -0.25) is 4.90 Å². The van der Waals surface area contributed by atoms with Crippen molar-refractivity contribution < 1.29 is 9.13 Å². The average molecular weight is 508 g/mol. The van der Waals surface area contributed by atoms with Crippen LogP contribution < -0.4 is 20.7 Å². The number of halogens is 2. The van der Waals surface area contributed by atoms with Crippen LogP contribution in [0, 0.1) is 5.82 Å². The van der Waals surface area contributed by atoms with Crippen LogP contribution in [0.15, 0.2) is 18.2 Å². The predicted molar refractivity (Wildman–Crippen MR) is 142 cm³/mol. The number of nitrogens with zero attached hydrogens (tertiary/aromatic N) is 4. The minimum Gasteiger partial charge on any atom is -0.494 e. The van der Waals surface area contributed by atoms with Crippen LogP contribution >= 0.6 is 12.4 Å². The maximum absolute atomic E-state index is 14.2. The quantitative estimate of drug-likeness (QED) is 0.378. The standard InChI is InChI=1S/C25H38FN7O.ClH/c1-4-33-15-9-12-21(33)17(2)27-23-30-24(28-18-10-7-5-6-8-11-18)32-25(31-23)29-19-13-14-22(34-3)20(26)16-19;/h13-14,16-18,21H,4-12,15H2,1-3H3,(H3,27,28,29,30,31,32);1H. The lowest BCUT2D eigenvalue weighted by Gasteiger charge is -2.29. The average Bonchev–Trinajstić information content (AvgIpc) is 3.16. The van der Waals surface area contributed by atoms with Crippen LogP contribution in [0.5, 0.6) is 5.75 Å². The zero-order valence-electron chi connectivity index (χ0n) is 21.0. The molecule has 1 aromatic carbocycles. The molecule has 2 unspecified atom stereocenters. The summed E-state index contributed by atoms with van der Waals surface area (Å²) in [6.07, 6.45) is 9.61. The molecule has 2 fully saturated rings. The third-order valence-corrected chi connectivity index (χ3v) is 6.99. The van der Waals surface area contributed by atoms with Crippen molar-refractivity contribution in [2.45, 2.75) is 83.3 Å². The van der Waals surface area contributed by atoms with Gasteiger partial charge in [0.15, 0.2) is 11.6 Å². The van der Waals surface area contributed by atoms with Crippen LogP contribution in [0.3, 0.4) is 0 Å². The Balaban J connectivity index is 0.00000342. The number of rotatable bonds is 9. The smallest absolute Gasteiger partial charge is 0.233 e. The van der Waals surface area contributed by atoms with Crippen molar-refractivity contribution in [3.63, 3.8) is 0 Å². The molecule has 0 spiro atoms. The first-order chi connectivity index (χ1) is 16.6. The van der Waals surface area contributed by atoms with Crippen molar-refractivity contribution in [2.75, 3.05) is 36.1 Å². The summed E-state index contributed by atoms with van der Waals surface area (Å²) in [7, 11) is 1.45. The Kier molecular flexibility index (Phi) is 10.2. The van der Waals surface area contributed by atoms with Crippen molar-refractivity contribution in [2.24, 2.45) is 0 Å². The lowest BCUT2D eigenvalue weighted by atomic mass is 10.1. The van der Waals surface area contributed by atoms with Crippen molar-refractivity contribution in [3.05, 3.63) is 24.0 Å². The minimum atomic E-state index is -0.439. The molecule has 0 bridgehead atoms. The molecule has 4 rings (SSSR count). The molecule has 1 aliphatic carbocycles. The third kappa shape index (κ3) is 7.30. The molecule has 2 aliphatic rings. The van der Waals surface area contributed by atoms with Crippen LogP contribution in [0.4, 0.5) is 27.9 Å². The number of anilines is 4. The SMILES string of the molecule is CCN1CCCC1C(C)Nc1nc(Nc2ccc(OC)c(F)c2)nc(NC2CCCCCC2)n1.Cl. The lowest BCUT2D eigenvalue weighted by Crippen LogP contribution is -2.41. The predicted octanol–water partition coefficient (Wildman–Crippen LogP) is 5.60. The Labute approximate surface area is 214 Å². The summed E-state index contributed by atoms with van der Waals surface area (Å²) >= 11 is 0. The maximum atomic E-state index is 14.2. The Morgan fingerprint density at radius 2 is 1.74 bits per heavy atom. The van der Waals surface area contributed by atoms with Gasteiger partial charge in [0.05, 0.1) is 7.11 Å². The van der Waals surface area contributed by atoms with Crippen molar-refractivity contribution in [1.29, 1.82) is 0 Å². The topological polar surface area (TPSA) is 87.2 Å². The van der Waals surface area contributed by atoms with E-state index in [1.54, 1.807) is 12.1 Å². The van der Waals surface area contributed by atoms with E-state index in [9.17, 15) is 4.39 Å². The van der Waals surface area contributed by atoms with Gasteiger partial charge in [0, 0.05) is 29.9 Å². The maximum Gasteiger partial charge on any atom is 0.233 e. The number of hydrogen-bond acceptors (Lipinski definition) is 8. The number of methoxy groups -OCH3 is 1. The second-order valence-corrected chi connectivity index (χ2v) is 9.38. The van der Waals surface area contributed by atoms with E-state index in [1.807, 2.05) is 0 Å². The van der Waals surface area contributed by atoms with E-state index >= 15 is 0 Å². The molecule has 2 aromatic rings. The van der Waals surface area contributed by atoms with Crippen LogP contribution in [-0.2, 0) is 0 Å². The summed E-state index contributed by atoms with van der Waals surface area (Å²) in [6, 6.07) is 5.72. The first-order valence-corrected chi connectivity index (χ1v) is 12.7. The van der Waals surface area contributed by atoms with Crippen molar-refractivity contribution in [1.82, 2.24) is 19.9 Å². The van der Waals surface area contributed by atoms with Crippen LogP contribution in [0.25, 0.3) is 0 Å². The fourth-order valence-electron chi connectivity index (χ4n) is 5.15. The molecule has 1 aliphatic heterocycles. The molecule has 8 nitrogen and oxygen atoms in total. The van der Waals surface area contributed by atoms with Gasteiger partial charge >= 0.3 is 0 Å². The van der Waals surface area contributed by atoms with Crippen molar-refractivity contribution in [3.8, 4) is 5.75 Å². The molecule has 194 valence electrons. The van der Waals surface area contributed by atoms with Gasteiger partial charge in [0.1, 0.15) is 0 Å². The summed E-state index contributed by atoms with van der Waals surface area (Å²) < 4.78 is 19.3. The van der Waals surface area contributed by atoms with Crippen LogP contribution in [0.2, 0.25) is 0 Å². The summed E-state index contributed by atoms with van der Waals surface area (Å²) in [6.45, 7) is 6.57. The number of hydrogen-bond donors (Lipinski definition) is 3. The summed E-state index contributed by atoms with van der Waals surface area (Å²) in [5.74, 6) is 1.21. The molecule has 3 N–H and O–H groups in total. The molecule has 35 heavy (non-hydrogen) atoms. The van der Waals surface area contributed by atoms with Gasteiger partial charge in [-0.1, -0.05) is 32.6 Å². The molecule has 2 heterocycles. The molecule has 0 radical (unpaired) electrons. The highest BCUT2D eigenvalue weighted by molar-refractivity contribution is 5.85. The van der Waals surface area contributed by atoms with Crippen LogP contribution in [-0.4, -0.2) is 58.2 Å². The summed E-state index contributed by atoms with van der Waals surface area (Å²) in [5, 5.41) is 10.2. The van der Waals surface area contributed by atoms with E-state index in [0.29, 0.717) is 35.6 Å².